The maximum Gasteiger partial charge on any atom is 0.179 e. The molecule has 1 heterocycles. The molecule has 84 valence electrons. The summed E-state index contributed by atoms with van der Waals surface area (Å²) >= 11 is 15.0. The second-order valence-electron chi connectivity index (χ2n) is 3.00. The van der Waals surface area contributed by atoms with E-state index in [9.17, 15) is 0 Å². The zero-order chi connectivity index (χ0) is 11.7. The molecule has 0 atom stereocenters. The maximum atomic E-state index is 6.06. The molecule has 0 aliphatic rings. The van der Waals surface area contributed by atoms with Gasteiger partial charge in [0.25, 0.3) is 0 Å². The number of halogens is 2. The Labute approximate surface area is 111 Å². The Morgan fingerprint density at radius 2 is 1.88 bits per heavy atom. The van der Waals surface area contributed by atoms with Crippen LogP contribution in [0.25, 0.3) is 0 Å². The van der Waals surface area contributed by atoms with Crippen molar-refractivity contribution in [3.63, 3.8) is 0 Å². The van der Waals surface area contributed by atoms with Crippen LogP contribution >= 0.6 is 46.3 Å². The Bertz CT molecular complexity index is 504. The average Bonchev–Trinajstić information content (AvgIpc) is 2.58. The first-order valence-corrected chi connectivity index (χ1v) is 6.67. The van der Waals surface area contributed by atoms with E-state index >= 15 is 0 Å². The molecule has 0 saturated carbocycles. The molecular weight excluding hydrogens is 285 g/mol. The van der Waals surface area contributed by atoms with Crippen molar-refractivity contribution in [2.75, 3.05) is 5.73 Å². The summed E-state index contributed by atoms with van der Waals surface area (Å²) in [6.45, 7) is 1.90. The molecule has 0 spiro atoms. The highest BCUT2D eigenvalue weighted by Gasteiger charge is 2.11. The largest absolute Gasteiger partial charge is 0.399 e. The normalized spacial score (nSPS) is 10.7. The highest BCUT2D eigenvalue weighted by atomic mass is 35.5. The average molecular weight is 292 g/mol. The summed E-state index contributed by atoms with van der Waals surface area (Å²) < 4.78 is 0.811. The van der Waals surface area contributed by atoms with E-state index in [4.69, 9.17) is 28.9 Å². The van der Waals surface area contributed by atoms with Gasteiger partial charge in [0, 0.05) is 5.69 Å². The smallest absolute Gasteiger partial charge is 0.179 e. The predicted molar refractivity (Wildman–Crippen MR) is 69.6 cm³/mol. The Balaban J connectivity index is 2.34. The van der Waals surface area contributed by atoms with Gasteiger partial charge in [0.15, 0.2) is 4.34 Å². The predicted octanol–water partition coefficient (Wildman–Crippen LogP) is 3.89. The van der Waals surface area contributed by atoms with E-state index in [0.717, 1.165) is 14.2 Å². The van der Waals surface area contributed by atoms with Gasteiger partial charge in [-0.05, 0) is 19.1 Å². The van der Waals surface area contributed by atoms with Crippen LogP contribution < -0.4 is 5.73 Å². The number of hydrogen-bond acceptors (Lipinski definition) is 5. The van der Waals surface area contributed by atoms with Crippen LogP contribution in [0.2, 0.25) is 10.0 Å². The SMILES string of the molecule is Cc1nnc(Sc2c(Cl)cc(N)cc2Cl)s1. The first-order valence-electron chi connectivity index (χ1n) is 4.29. The minimum absolute atomic E-state index is 0.530. The summed E-state index contributed by atoms with van der Waals surface area (Å²) in [5.74, 6) is 0. The number of rotatable bonds is 2. The number of anilines is 1. The fraction of sp³-hybridized carbons (Fsp3) is 0.111. The molecule has 1 aromatic carbocycles. The lowest BCUT2D eigenvalue weighted by molar-refractivity contribution is 0.984. The summed E-state index contributed by atoms with van der Waals surface area (Å²) in [4.78, 5) is 0.758. The third kappa shape index (κ3) is 2.60. The van der Waals surface area contributed by atoms with Gasteiger partial charge >= 0.3 is 0 Å². The van der Waals surface area contributed by atoms with E-state index in [2.05, 4.69) is 10.2 Å². The molecule has 0 amide bonds. The van der Waals surface area contributed by atoms with Gasteiger partial charge in [0.1, 0.15) is 5.01 Å². The van der Waals surface area contributed by atoms with Crippen molar-refractivity contribution in [2.45, 2.75) is 16.2 Å². The third-order valence-corrected chi connectivity index (χ3v) is 4.57. The van der Waals surface area contributed by atoms with Gasteiger partial charge in [-0.25, -0.2) is 0 Å². The van der Waals surface area contributed by atoms with Crippen LogP contribution in [-0.4, -0.2) is 10.2 Å². The molecule has 2 aromatic rings. The minimum Gasteiger partial charge on any atom is -0.399 e. The quantitative estimate of drug-likeness (QED) is 0.853. The van der Waals surface area contributed by atoms with E-state index in [-0.39, 0.29) is 0 Å². The summed E-state index contributed by atoms with van der Waals surface area (Å²) in [5, 5.41) is 9.89. The van der Waals surface area contributed by atoms with Gasteiger partial charge in [-0.3, -0.25) is 0 Å². The number of benzene rings is 1. The molecule has 16 heavy (non-hydrogen) atoms. The molecule has 2 rings (SSSR count). The summed E-state index contributed by atoms with van der Waals surface area (Å²) in [7, 11) is 0. The number of hydrogen-bond donors (Lipinski definition) is 1. The van der Waals surface area contributed by atoms with Gasteiger partial charge in [-0.2, -0.15) is 0 Å². The minimum atomic E-state index is 0.530. The molecule has 0 radical (unpaired) electrons. The lowest BCUT2D eigenvalue weighted by atomic mass is 10.3. The fourth-order valence-electron chi connectivity index (χ4n) is 1.08. The van der Waals surface area contributed by atoms with Crippen molar-refractivity contribution in [1.29, 1.82) is 0 Å². The van der Waals surface area contributed by atoms with Crippen molar-refractivity contribution >= 4 is 52.0 Å². The Morgan fingerprint density at radius 3 is 2.38 bits per heavy atom. The van der Waals surface area contributed by atoms with E-state index in [0.29, 0.717) is 15.7 Å². The molecule has 3 nitrogen and oxygen atoms in total. The van der Waals surface area contributed by atoms with Crippen molar-refractivity contribution in [1.82, 2.24) is 10.2 Å². The van der Waals surface area contributed by atoms with Crippen molar-refractivity contribution < 1.29 is 0 Å². The van der Waals surface area contributed by atoms with Crippen molar-refractivity contribution in [2.24, 2.45) is 0 Å². The molecule has 0 aliphatic carbocycles. The van der Waals surface area contributed by atoms with E-state index in [1.54, 1.807) is 12.1 Å². The van der Waals surface area contributed by atoms with Crippen molar-refractivity contribution in [3.8, 4) is 0 Å². The molecule has 7 heteroatoms. The molecule has 2 N–H and O–H groups in total. The maximum absolute atomic E-state index is 6.06. The van der Waals surface area contributed by atoms with E-state index in [1.807, 2.05) is 6.92 Å². The Morgan fingerprint density at radius 1 is 1.25 bits per heavy atom. The highest BCUT2D eigenvalue weighted by molar-refractivity contribution is 8.01. The topological polar surface area (TPSA) is 51.8 Å². The second kappa shape index (κ2) is 4.79. The summed E-state index contributed by atoms with van der Waals surface area (Å²) in [6, 6.07) is 3.34. The zero-order valence-electron chi connectivity index (χ0n) is 8.20. The second-order valence-corrected chi connectivity index (χ2v) is 6.26. The van der Waals surface area contributed by atoms with Crippen LogP contribution in [0.4, 0.5) is 5.69 Å². The molecule has 0 aliphatic heterocycles. The first-order chi connectivity index (χ1) is 7.56. The molecular formula is C9H7Cl2N3S2. The van der Waals surface area contributed by atoms with Gasteiger partial charge in [-0.15, -0.1) is 10.2 Å². The number of aromatic nitrogens is 2. The van der Waals surface area contributed by atoms with Crippen LogP contribution in [0, 0.1) is 6.92 Å². The number of nitrogen functional groups attached to an aromatic ring is 1. The van der Waals surface area contributed by atoms with Crippen LogP contribution in [0.15, 0.2) is 21.4 Å². The lowest BCUT2D eigenvalue weighted by Gasteiger charge is -2.05. The summed E-state index contributed by atoms with van der Waals surface area (Å²) in [5.41, 5.74) is 6.17. The molecule has 0 unspecified atom stereocenters. The monoisotopic (exact) mass is 291 g/mol. The van der Waals surface area contributed by atoms with Gasteiger partial charge in [-0.1, -0.05) is 46.3 Å². The zero-order valence-corrected chi connectivity index (χ0v) is 11.3. The number of aryl methyl sites for hydroxylation is 1. The van der Waals surface area contributed by atoms with Crippen molar-refractivity contribution in [3.05, 3.63) is 27.2 Å². The number of nitrogens with zero attached hydrogens (tertiary/aromatic N) is 2. The number of nitrogens with two attached hydrogens (primary N) is 1. The fourth-order valence-corrected chi connectivity index (χ4v) is 3.58. The van der Waals surface area contributed by atoms with Crippen LogP contribution in [0.1, 0.15) is 5.01 Å². The van der Waals surface area contributed by atoms with Crippen LogP contribution in [0.3, 0.4) is 0 Å². The van der Waals surface area contributed by atoms with Crippen LogP contribution in [-0.2, 0) is 0 Å². The third-order valence-electron chi connectivity index (χ3n) is 1.72. The first kappa shape index (κ1) is 12.0. The highest BCUT2D eigenvalue weighted by Crippen LogP contribution is 2.40. The summed E-state index contributed by atoms with van der Waals surface area (Å²) in [6.07, 6.45) is 0. The van der Waals surface area contributed by atoms with E-state index in [1.165, 1.54) is 23.1 Å². The van der Waals surface area contributed by atoms with Gasteiger partial charge < -0.3 is 5.73 Å². The lowest BCUT2D eigenvalue weighted by Crippen LogP contribution is -1.86. The van der Waals surface area contributed by atoms with E-state index < -0.39 is 0 Å². The van der Waals surface area contributed by atoms with Crippen LogP contribution in [0.5, 0.6) is 0 Å². The Kier molecular flexibility index (Phi) is 3.59. The van der Waals surface area contributed by atoms with Gasteiger partial charge in [0.2, 0.25) is 0 Å². The molecule has 0 bridgehead atoms. The van der Waals surface area contributed by atoms with Gasteiger partial charge in [0.05, 0.1) is 14.9 Å². The molecule has 1 aromatic heterocycles. The molecule has 0 fully saturated rings. The molecule has 0 saturated heterocycles. The standard InChI is InChI=1S/C9H7Cl2N3S2/c1-4-13-14-9(15-4)16-8-6(10)2-5(12)3-7(8)11/h2-3H,12H2,1H3. The Hall–Kier alpha value is -0.490.